The summed E-state index contributed by atoms with van der Waals surface area (Å²) in [5, 5.41) is 5.35. The number of benzene rings is 3. The number of aromatic amines is 1. The number of H-pyrrole nitrogens is 1. The van der Waals surface area contributed by atoms with Gasteiger partial charge in [-0.3, -0.25) is 15.1 Å². The van der Waals surface area contributed by atoms with Crippen LogP contribution in [0.1, 0.15) is 46.9 Å². The zero-order chi connectivity index (χ0) is 26.9. The Morgan fingerprint density at radius 1 is 0.921 bits per heavy atom. The highest BCUT2D eigenvalue weighted by atomic mass is 16.5. The Labute approximate surface area is 221 Å². The normalized spacial score (nSPS) is 10.6. The molecule has 8 heteroatoms. The van der Waals surface area contributed by atoms with Gasteiger partial charge >= 0.3 is 12.0 Å². The van der Waals surface area contributed by atoms with Crippen molar-refractivity contribution in [3.8, 4) is 11.1 Å². The fourth-order valence-corrected chi connectivity index (χ4v) is 4.16. The lowest BCUT2D eigenvalue weighted by Gasteiger charge is -2.12. The molecule has 38 heavy (non-hydrogen) atoms. The molecule has 0 radical (unpaired) electrons. The summed E-state index contributed by atoms with van der Waals surface area (Å²) in [5.41, 5.74) is 4.63. The maximum atomic E-state index is 13.1. The van der Waals surface area contributed by atoms with Crippen LogP contribution >= 0.6 is 0 Å². The lowest BCUT2D eigenvalue weighted by Crippen LogP contribution is -2.26. The number of amides is 2. The van der Waals surface area contributed by atoms with Gasteiger partial charge in [-0.15, -0.1) is 0 Å². The van der Waals surface area contributed by atoms with Gasteiger partial charge in [-0.1, -0.05) is 74.0 Å². The number of nitrogens with zero attached hydrogens (tertiary/aromatic N) is 1. The molecular formula is C30H30N4O4. The minimum atomic E-state index is -0.489. The van der Waals surface area contributed by atoms with Crippen LogP contribution in [0.15, 0.2) is 83.7 Å². The average molecular weight is 511 g/mol. The molecule has 8 nitrogen and oxygen atoms in total. The van der Waals surface area contributed by atoms with Gasteiger partial charge in [0.05, 0.1) is 18.4 Å². The van der Waals surface area contributed by atoms with E-state index in [4.69, 9.17) is 4.74 Å². The number of para-hydroxylation sites is 1. The van der Waals surface area contributed by atoms with Crippen molar-refractivity contribution in [2.75, 3.05) is 17.7 Å². The van der Waals surface area contributed by atoms with Gasteiger partial charge in [0.1, 0.15) is 0 Å². The number of aromatic nitrogens is 2. The molecule has 1 heterocycles. The first kappa shape index (κ1) is 26.3. The number of urea groups is 1. The van der Waals surface area contributed by atoms with Crippen molar-refractivity contribution in [1.29, 1.82) is 0 Å². The maximum absolute atomic E-state index is 13.1. The highest BCUT2D eigenvalue weighted by Crippen LogP contribution is 2.25. The standard InChI is InChI=1S/C30H30N4O4/c1-3-4-14-26-25(27(35)33-29(32-26)34-30(37)31-22-10-6-5-7-11-22)19-20-15-17-21(18-16-20)23-12-8-9-13-24(23)28(36)38-2/h5-13,15-18H,3-4,14,19H2,1-2H3,(H3,31,32,33,34,35,37). The summed E-state index contributed by atoms with van der Waals surface area (Å²) in [4.78, 5) is 45.0. The molecule has 3 N–H and O–H groups in total. The summed E-state index contributed by atoms with van der Waals surface area (Å²) in [6.45, 7) is 2.07. The highest BCUT2D eigenvalue weighted by molar-refractivity contribution is 5.98. The average Bonchev–Trinajstić information content (AvgIpc) is 2.94. The van der Waals surface area contributed by atoms with Gasteiger partial charge in [-0.25, -0.2) is 14.6 Å². The number of carbonyl (C=O) groups excluding carboxylic acids is 2. The van der Waals surface area contributed by atoms with E-state index in [1.165, 1.54) is 7.11 Å². The van der Waals surface area contributed by atoms with Gasteiger partial charge in [-0.2, -0.15) is 0 Å². The van der Waals surface area contributed by atoms with E-state index in [0.29, 0.717) is 35.3 Å². The molecule has 0 unspecified atom stereocenters. The van der Waals surface area contributed by atoms with Gasteiger partial charge in [0, 0.05) is 17.7 Å². The number of nitrogens with one attached hydrogen (secondary N) is 3. The van der Waals surface area contributed by atoms with Crippen molar-refractivity contribution >= 4 is 23.6 Å². The van der Waals surface area contributed by atoms with E-state index in [9.17, 15) is 14.4 Å². The third-order valence-corrected chi connectivity index (χ3v) is 6.11. The van der Waals surface area contributed by atoms with Crippen LogP contribution in [0.25, 0.3) is 11.1 Å². The lowest BCUT2D eigenvalue weighted by atomic mass is 9.96. The van der Waals surface area contributed by atoms with E-state index in [1.807, 2.05) is 54.6 Å². The predicted octanol–water partition coefficient (Wildman–Crippen LogP) is 5.80. The molecule has 1 aromatic heterocycles. The van der Waals surface area contributed by atoms with Crippen molar-refractivity contribution < 1.29 is 14.3 Å². The molecule has 4 aromatic rings. The Balaban J connectivity index is 1.55. The van der Waals surface area contributed by atoms with Crippen LogP contribution in [0.2, 0.25) is 0 Å². The summed E-state index contributed by atoms with van der Waals surface area (Å²) < 4.78 is 4.91. The van der Waals surface area contributed by atoms with Gasteiger partial charge in [-0.05, 0) is 47.7 Å². The predicted molar refractivity (Wildman–Crippen MR) is 149 cm³/mol. The molecule has 0 aliphatic rings. The second-order valence-corrected chi connectivity index (χ2v) is 8.80. The van der Waals surface area contributed by atoms with E-state index in [0.717, 1.165) is 29.5 Å². The second kappa shape index (κ2) is 12.5. The van der Waals surface area contributed by atoms with Crippen LogP contribution in [0.3, 0.4) is 0 Å². The molecule has 3 aromatic carbocycles. The largest absolute Gasteiger partial charge is 0.465 e. The van der Waals surface area contributed by atoms with E-state index in [1.54, 1.807) is 24.3 Å². The zero-order valence-corrected chi connectivity index (χ0v) is 21.4. The number of ether oxygens (including phenoxy) is 1. The van der Waals surface area contributed by atoms with Crippen molar-refractivity contribution in [2.45, 2.75) is 32.6 Å². The maximum Gasteiger partial charge on any atom is 0.338 e. The molecule has 0 fully saturated rings. The number of hydrogen-bond acceptors (Lipinski definition) is 5. The minimum absolute atomic E-state index is 0.105. The summed E-state index contributed by atoms with van der Waals surface area (Å²) >= 11 is 0. The first-order chi connectivity index (χ1) is 18.5. The smallest absolute Gasteiger partial charge is 0.338 e. The minimum Gasteiger partial charge on any atom is -0.465 e. The van der Waals surface area contributed by atoms with Crippen LogP contribution in [0.5, 0.6) is 0 Å². The number of hydrogen-bond donors (Lipinski definition) is 3. The first-order valence-electron chi connectivity index (χ1n) is 12.5. The molecule has 0 saturated heterocycles. The fraction of sp³-hybridized carbons (Fsp3) is 0.200. The molecule has 194 valence electrons. The topological polar surface area (TPSA) is 113 Å². The summed E-state index contributed by atoms with van der Waals surface area (Å²) in [5.74, 6) is -0.290. The monoisotopic (exact) mass is 510 g/mol. The van der Waals surface area contributed by atoms with Crippen molar-refractivity contribution in [3.05, 3.63) is 112 Å². The first-order valence-corrected chi connectivity index (χ1v) is 12.5. The van der Waals surface area contributed by atoms with E-state index in [-0.39, 0.29) is 11.5 Å². The number of rotatable bonds is 9. The van der Waals surface area contributed by atoms with Crippen LogP contribution in [-0.2, 0) is 17.6 Å². The number of methoxy groups -OCH3 is 1. The molecule has 0 aliphatic carbocycles. The van der Waals surface area contributed by atoms with Crippen molar-refractivity contribution in [1.82, 2.24) is 9.97 Å². The number of aryl methyl sites for hydroxylation is 1. The van der Waals surface area contributed by atoms with Crippen molar-refractivity contribution in [3.63, 3.8) is 0 Å². The molecular weight excluding hydrogens is 480 g/mol. The van der Waals surface area contributed by atoms with Crippen LogP contribution in [-0.4, -0.2) is 29.1 Å². The summed E-state index contributed by atoms with van der Waals surface area (Å²) in [6.07, 6.45) is 2.81. The Hall–Kier alpha value is -4.72. The van der Waals surface area contributed by atoms with Crippen LogP contribution in [0, 0.1) is 0 Å². The zero-order valence-electron chi connectivity index (χ0n) is 21.4. The molecule has 0 saturated carbocycles. The fourth-order valence-electron chi connectivity index (χ4n) is 4.16. The lowest BCUT2D eigenvalue weighted by molar-refractivity contribution is 0.0601. The molecule has 0 aliphatic heterocycles. The SMILES string of the molecule is CCCCc1nc(NC(=O)Nc2ccccc2)[nH]c(=O)c1Cc1ccc(-c2ccccc2C(=O)OC)cc1. The Morgan fingerprint density at radius 3 is 2.34 bits per heavy atom. The molecule has 0 bridgehead atoms. The quantitative estimate of drug-likeness (QED) is 0.246. The summed E-state index contributed by atoms with van der Waals surface area (Å²) in [6, 6.07) is 23.5. The third-order valence-electron chi connectivity index (χ3n) is 6.11. The van der Waals surface area contributed by atoms with Gasteiger partial charge < -0.3 is 10.1 Å². The molecule has 2 amide bonds. The van der Waals surface area contributed by atoms with E-state index in [2.05, 4.69) is 27.5 Å². The Morgan fingerprint density at radius 2 is 1.63 bits per heavy atom. The molecule has 0 atom stereocenters. The summed E-state index contributed by atoms with van der Waals surface area (Å²) in [7, 11) is 1.36. The molecule has 4 rings (SSSR count). The number of esters is 1. The number of unbranched alkanes of at least 4 members (excludes halogenated alkanes) is 1. The van der Waals surface area contributed by atoms with E-state index < -0.39 is 12.0 Å². The van der Waals surface area contributed by atoms with Gasteiger partial charge in [0.15, 0.2) is 0 Å². The van der Waals surface area contributed by atoms with Gasteiger partial charge in [0.25, 0.3) is 5.56 Å². The van der Waals surface area contributed by atoms with Crippen molar-refractivity contribution in [2.24, 2.45) is 0 Å². The number of carbonyl (C=O) groups is 2. The van der Waals surface area contributed by atoms with Crippen LogP contribution < -0.4 is 16.2 Å². The third kappa shape index (κ3) is 6.53. The Kier molecular flexibility index (Phi) is 8.66. The van der Waals surface area contributed by atoms with Gasteiger partial charge in [0.2, 0.25) is 5.95 Å². The Bertz CT molecular complexity index is 1460. The number of anilines is 2. The second-order valence-electron chi connectivity index (χ2n) is 8.80. The van der Waals surface area contributed by atoms with E-state index >= 15 is 0 Å². The highest BCUT2D eigenvalue weighted by Gasteiger charge is 2.15. The van der Waals surface area contributed by atoms with Crippen LogP contribution in [0.4, 0.5) is 16.4 Å². The molecule has 0 spiro atoms.